The van der Waals surface area contributed by atoms with Gasteiger partial charge >= 0.3 is 0 Å². The molecule has 0 nitrogen and oxygen atoms in total. The summed E-state index contributed by atoms with van der Waals surface area (Å²) in [5.74, 6) is -0.123. The van der Waals surface area contributed by atoms with E-state index in [1.165, 1.54) is 22.8 Å². The summed E-state index contributed by atoms with van der Waals surface area (Å²) in [6, 6.07) is 13.2. The van der Waals surface area contributed by atoms with Crippen LogP contribution in [0.2, 0.25) is 0 Å². The highest BCUT2D eigenvalue weighted by atomic mass is 19.1. The first kappa shape index (κ1) is 10.9. The molecule has 0 atom stereocenters. The average molecular weight is 214 g/mol. The Balaban J connectivity index is 2.31. The maximum Gasteiger partial charge on any atom is 0.126 e. The predicted molar refractivity (Wildman–Crippen MR) is 65.1 cm³/mol. The van der Waals surface area contributed by atoms with Gasteiger partial charge in [-0.15, -0.1) is 0 Å². The van der Waals surface area contributed by atoms with Gasteiger partial charge in [-0.05, 0) is 36.6 Å². The second kappa shape index (κ2) is 4.48. The van der Waals surface area contributed by atoms with Gasteiger partial charge in [0.2, 0.25) is 0 Å². The molecule has 0 bridgehead atoms. The van der Waals surface area contributed by atoms with Crippen molar-refractivity contribution in [3.8, 4) is 0 Å². The first-order valence-electron chi connectivity index (χ1n) is 5.46. The van der Waals surface area contributed by atoms with Crippen LogP contribution in [0.1, 0.15) is 22.3 Å². The maximum atomic E-state index is 13.5. The molecule has 0 aliphatic heterocycles. The lowest BCUT2D eigenvalue weighted by atomic mass is 9.99. The molecular weight excluding hydrogens is 199 g/mol. The maximum absolute atomic E-state index is 13.5. The van der Waals surface area contributed by atoms with Gasteiger partial charge in [0.25, 0.3) is 0 Å². The van der Waals surface area contributed by atoms with Crippen molar-refractivity contribution in [2.24, 2.45) is 0 Å². The Morgan fingerprint density at radius 2 is 1.69 bits per heavy atom. The molecule has 16 heavy (non-hydrogen) atoms. The molecule has 2 aromatic rings. The van der Waals surface area contributed by atoms with Crippen LogP contribution in [-0.4, -0.2) is 0 Å². The van der Waals surface area contributed by atoms with E-state index in [9.17, 15) is 4.39 Å². The van der Waals surface area contributed by atoms with Crippen LogP contribution in [0, 0.1) is 19.7 Å². The largest absolute Gasteiger partial charge is 0.207 e. The SMILES string of the molecule is Cc1ccc(Cc2ccccc2F)c(C)c1. The first-order valence-corrected chi connectivity index (χ1v) is 5.46. The molecular formula is C15H15F. The van der Waals surface area contributed by atoms with E-state index in [0.717, 1.165) is 5.56 Å². The average Bonchev–Trinajstić information content (AvgIpc) is 2.25. The summed E-state index contributed by atoms with van der Waals surface area (Å²) >= 11 is 0. The first-order chi connectivity index (χ1) is 7.66. The topological polar surface area (TPSA) is 0 Å². The van der Waals surface area contributed by atoms with Crippen molar-refractivity contribution < 1.29 is 4.39 Å². The van der Waals surface area contributed by atoms with Crippen LogP contribution < -0.4 is 0 Å². The van der Waals surface area contributed by atoms with E-state index in [2.05, 4.69) is 32.0 Å². The third kappa shape index (κ3) is 2.30. The van der Waals surface area contributed by atoms with Gasteiger partial charge in [0.05, 0.1) is 0 Å². The van der Waals surface area contributed by atoms with E-state index in [0.29, 0.717) is 6.42 Å². The second-order valence-corrected chi connectivity index (χ2v) is 4.20. The van der Waals surface area contributed by atoms with Crippen LogP contribution in [0.4, 0.5) is 4.39 Å². The smallest absolute Gasteiger partial charge is 0.126 e. The molecule has 0 aliphatic rings. The molecule has 0 unspecified atom stereocenters. The Morgan fingerprint density at radius 3 is 2.38 bits per heavy atom. The van der Waals surface area contributed by atoms with Crippen molar-refractivity contribution in [2.45, 2.75) is 20.3 Å². The Labute approximate surface area is 95.7 Å². The minimum Gasteiger partial charge on any atom is -0.207 e. The Kier molecular flexibility index (Phi) is 3.04. The molecule has 0 saturated carbocycles. The van der Waals surface area contributed by atoms with Crippen molar-refractivity contribution >= 4 is 0 Å². The zero-order valence-electron chi connectivity index (χ0n) is 9.63. The fraction of sp³-hybridized carbons (Fsp3) is 0.200. The minimum atomic E-state index is -0.123. The summed E-state index contributed by atoms with van der Waals surface area (Å²) in [6.07, 6.45) is 0.665. The molecule has 2 aromatic carbocycles. The van der Waals surface area contributed by atoms with Crippen molar-refractivity contribution in [2.75, 3.05) is 0 Å². The Bertz CT molecular complexity index is 501. The monoisotopic (exact) mass is 214 g/mol. The Morgan fingerprint density at radius 1 is 0.938 bits per heavy atom. The third-order valence-corrected chi connectivity index (χ3v) is 2.84. The quantitative estimate of drug-likeness (QED) is 0.708. The molecule has 1 heteroatoms. The highest BCUT2D eigenvalue weighted by Gasteiger charge is 2.04. The van der Waals surface area contributed by atoms with Crippen molar-refractivity contribution in [1.82, 2.24) is 0 Å². The molecule has 0 saturated heterocycles. The molecule has 0 radical (unpaired) electrons. The van der Waals surface area contributed by atoms with Crippen molar-refractivity contribution in [3.63, 3.8) is 0 Å². The summed E-state index contributed by atoms with van der Waals surface area (Å²) in [5.41, 5.74) is 4.42. The number of benzene rings is 2. The molecule has 0 amide bonds. The number of hydrogen-bond acceptors (Lipinski definition) is 0. The molecule has 0 N–H and O–H groups in total. The fourth-order valence-corrected chi connectivity index (χ4v) is 1.89. The highest BCUT2D eigenvalue weighted by Crippen LogP contribution is 2.17. The van der Waals surface area contributed by atoms with E-state index in [4.69, 9.17) is 0 Å². The normalized spacial score (nSPS) is 10.4. The molecule has 0 spiro atoms. The number of aryl methyl sites for hydroxylation is 2. The van der Waals surface area contributed by atoms with Gasteiger partial charge in [-0.25, -0.2) is 4.39 Å². The van der Waals surface area contributed by atoms with Crippen LogP contribution in [0.25, 0.3) is 0 Å². The van der Waals surface area contributed by atoms with Gasteiger partial charge in [-0.2, -0.15) is 0 Å². The fourth-order valence-electron chi connectivity index (χ4n) is 1.89. The highest BCUT2D eigenvalue weighted by molar-refractivity contribution is 5.35. The molecule has 82 valence electrons. The van der Waals surface area contributed by atoms with E-state index in [1.54, 1.807) is 6.07 Å². The minimum absolute atomic E-state index is 0.123. The van der Waals surface area contributed by atoms with E-state index in [-0.39, 0.29) is 5.82 Å². The van der Waals surface area contributed by atoms with E-state index < -0.39 is 0 Å². The van der Waals surface area contributed by atoms with Crippen LogP contribution in [0.5, 0.6) is 0 Å². The summed E-state index contributed by atoms with van der Waals surface area (Å²) in [5, 5.41) is 0. The van der Waals surface area contributed by atoms with Crippen molar-refractivity contribution in [1.29, 1.82) is 0 Å². The standard InChI is InChI=1S/C15H15F/c1-11-7-8-13(12(2)9-11)10-14-5-3-4-6-15(14)16/h3-9H,10H2,1-2H3. The number of hydrogen-bond donors (Lipinski definition) is 0. The van der Waals surface area contributed by atoms with Gasteiger partial charge in [-0.3, -0.25) is 0 Å². The summed E-state index contributed by atoms with van der Waals surface area (Å²) in [7, 11) is 0. The number of halogens is 1. The van der Waals surface area contributed by atoms with Gasteiger partial charge in [0, 0.05) is 6.42 Å². The van der Waals surface area contributed by atoms with Gasteiger partial charge in [-0.1, -0.05) is 42.0 Å². The zero-order valence-corrected chi connectivity index (χ0v) is 9.63. The lowest BCUT2D eigenvalue weighted by molar-refractivity contribution is 0.614. The molecule has 0 aromatic heterocycles. The summed E-state index contributed by atoms with van der Waals surface area (Å²) in [4.78, 5) is 0. The zero-order chi connectivity index (χ0) is 11.5. The van der Waals surface area contributed by atoms with E-state index >= 15 is 0 Å². The molecule has 0 heterocycles. The molecule has 0 aliphatic carbocycles. The van der Waals surface area contributed by atoms with Gasteiger partial charge in [0.1, 0.15) is 5.82 Å². The van der Waals surface area contributed by atoms with Gasteiger partial charge in [0.15, 0.2) is 0 Å². The van der Waals surface area contributed by atoms with E-state index in [1.807, 2.05) is 12.1 Å². The second-order valence-electron chi connectivity index (χ2n) is 4.20. The molecule has 2 rings (SSSR count). The summed E-state index contributed by atoms with van der Waals surface area (Å²) < 4.78 is 13.5. The third-order valence-electron chi connectivity index (χ3n) is 2.84. The van der Waals surface area contributed by atoms with Crippen LogP contribution in [-0.2, 0) is 6.42 Å². The van der Waals surface area contributed by atoms with Crippen LogP contribution in [0.15, 0.2) is 42.5 Å². The van der Waals surface area contributed by atoms with Crippen LogP contribution >= 0.6 is 0 Å². The number of rotatable bonds is 2. The summed E-state index contributed by atoms with van der Waals surface area (Å²) in [6.45, 7) is 4.14. The lowest BCUT2D eigenvalue weighted by Crippen LogP contribution is -1.95. The predicted octanol–water partition coefficient (Wildman–Crippen LogP) is 4.03. The van der Waals surface area contributed by atoms with Crippen molar-refractivity contribution in [3.05, 3.63) is 70.5 Å². The Hall–Kier alpha value is -1.63. The lowest BCUT2D eigenvalue weighted by Gasteiger charge is -2.07. The van der Waals surface area contributed by atoms with Crippen LogP contribution in [0.3, 0.4) is 0 Å². The molecule has 0 fully saturated rings. The van der Waals surface area contributed by atoms with Gasteiger partial charge < -0.3 is 0 Å².